The van der Waals surface area contributed by atoms with Gasteiger partial charge in [0.15, 0.2) is 23.3 Å². The highest BCUT2D eigenvalue weighted by atomic mass is 35.5. The minimum atomic E-state index is -1.50. The van der Waals surface area contributed by atoms with Crippen LogP contribution in [0.2, 0.25) is 0 Å². The molecule has 2 heterocycles. The molecule has 1 aliphatic carbocycles. The summed E-state index contributed by atoms with van der Waals surface area (Å²) in [4.78, 5) is 6.27. The average molecular weight is 508 g/mol. The van der Waals surface area contributed by atoms with Crippen LogP contribution in [0.25, 0.3) is 5.57 Å². The largest absolute Gasteiger partial charge is 0.383 e. The monoisotopic (exact) mass is 507 g/mol. The number of anilines is 2. The lowest BCUT2D eigenvalue weighted by atomic mass is 9.91. The fraction of sp³-hybridized carbons (Fsp3) is 0.208. The van der Waals surface area contributed by atoms with Gasteiger partial charge in [-0.25, -0.2) is 22.0 Å². The molecule has 1 saturated heterocycles. The number of hydrogen-bond acceptors (Lipinski definition) is 5. The summed E-state index contributed by atoms with van der Waals surface area (Å²) in [6.45, 7) is 0.579. The van der Waals surface area contributed by atoms with E-state index in [0.717, 1.165) is 5.57 Å². The second-order valence-corrected chi connectivity index (χ2v) is 8.63. The molecule has 0 radical (unpaired) electrons. The van der Waals surface area contributed by atoms with Gasteiger partial charge in [0.1, 0.15) is 23.0 Å². The molecule has 2 aliphatic heterocycles. The van der Waals surface area contributed by atoms with Crippen molar-refractivity contribution in [1.82, 2.24) is 10.2 Å². The summed E-state index contributed by atoms with van der Waals surface area (Å²) in [6.07, 6.45) is 4.98. The second kappa shape index (κ2) is 8.92. The number of fused-ring (bicyclic) bond motifs is 1. The van der Waals surface area contributed by atoms with Gasteiger partial charge in [-0.3, -0.25) is 4.99 Å². The molecule has 3 aliphatic rings. The van der Waals surface area contributed by atoms with Crippen molar-refractivity contribution < 1.29 is 22.0 Å². The highest BCUT2D eigenvalue weighted by Crippen LogP contribution is 2.38. The standard InChI is InChI=1S/C24H19ClF5N5/c1-31-22-18(27)20(29)23(21(30)19(22)28)34-11-8-35(9-11)24-14-6-15(25)13(7-17(14)32-10-33-24)12-4-2-3-5-16(12)26/h2-7,10-11,17,31,34H,8-9H2,1H3,(H,32,33). The first kappa shape index (κ1) is 23.2. The van der Waals surface area contributed by atoms with Gasteiger partial charge in [0.05, 0.1) is 18.4 Å². The molecule has 1 atom stereocenters. The van der Waals surface area contributed by atoms with Crippen LogP contribution >= 0.6 is 11.6 Å². The number of allylic oxidation sites excluding steroid dienone is 2. The molecule has 0 spiro atoms. The van der Waals surface area contributed by atoms with Gasteiger partial charge >= 0.3 is 0 Å². The Balaban J connectivity index is 1.35. The zero-order chi connectivity index (χ0) is 24.9. The molecule has 11 heteroatoms. The van der Waals surface area contributed by atoms with E-state index in [-0.39, 0.29) is 13.1 Å². The Labute approximate surface area is 202 Å². The Bertz CT molecular complexity index is 1300. The first-order valence-electron chi connectivity index (χ1n) is 10.7. The van der Waals surface area contributed by atoms with Crippen molar-refractivity contribution in [3.63, 3.8) is 0 Å². The predicted octanol–water partition coefficient (Wildman–Crippen LogP) is 4.95. The van der Waals surface area contributed by atoms with Crippen LogP contribution in [0, 0.1) is 29.1 Å². The highest BCUT2D eigenvalue weighted by Gasteiger charge is 2.35. The third-order valence-electron chi connectivity index (χ3n) is 6.12. The Morgan fingerprint density at radius 3 is 2.31 bits per heavy atom. The summed E-state index contributed by atoms with van der Waals surface area (Å²) in [5.74, 6) is -5.71. The maximum atomic E-state index is 14.3. The normalized spacial score (nSPS) is 19.5. The summed E-state index contributed by atoms with van der Waals surface area (Å²) in [5.41, 5.74) is -0.0864. The third-order valence-corrected chi connectivity index (χ3v) is 6.43. The minimum Gasteiger partial charge on any atom is -0.383 e. The number of nitrogens with zero attached hydrogens (tertiary/aromatic N) is 2. The maximum absolute atomic E-state index is 14.3. The van der Waals surface area contributed by atoms with Crippen molar-refractivity contribution >= 4 is 34.9 Å². The van der Waals surface area contributed by atoms with Crippen molar-refractivity contribution in [1.29, 1.82) is 0 Å². The van der Waals surface area contributed by atoms with E-state index in [9.17, 15) is 22.0 Å². The van der Waals surface area contributed by atoms with Crippen molar-refractivity contribution in [2.24, 2.45) is 4.99 Å². The van der Waals surface area contributed by atoms with Crippen LogP contribution in [-0.4, -0.2) is 43.5 Å². The SMILES string of the molecule is CNc1c(F)c(F)c(NC2CN(C3=C4C=C(Cl)C(c5ccccc5F)=CC4N=CN3)C2)c(F)c1F. The molecule has 3 N–H and O–H groups in total. The van der Waals surface area contributed by atoms with Crippen molar-refractivity contribution in [2.45, 2.75) is 12.1 Å². The average Bonchev–Trinajstić information content (AvgIpc) is 2.82. The van der Waals surface area contributed by atoms with Gasteiger partial charge in [0, 0.05) is 41.9 Å². The zero-order valence-electron chi connectivity index (χ0n) is 18.3. The van der Waals surface area contributed by atoms with Gasteiger partial charge in [-0.1, -0.05) is 29.8 Å². The molecular weight excluding hydrogens is 489 g/mol. The zero-order valence-corrected chi connectivity index (χ0v) is 19.0. The van der Waals surface area contributed by atoms with Crippen LogP contribution < -0.4 is 16.0 Å². The molecule has 1 fully saturated rings. The lowest BCUT2D eigenvalue weighted by Gasteiger charge is -2.44. The molecule has 1 unspecified atom stereocenters. The maximum Gasteiger partial charge on any atom is 0.187 e. The van der Waals surface area contributed by atoms with Crippen LogP contribution in [0.5, 0.6) is 0 Å². The number of benzene rings is 2. The predicted molar refractivity (Wildman–Crippen MR) is 126 cm³/mol. The van der Waals surface area contributed by atoms with Gasteiger partial charge in [0.2, 0.25) is 0 Å². The van der Waals surface area contributed by atoms with E-state index >= 15 is 0 Å². The Hall–Kier alpha value is -3.53. The van der Waals surface area contributed by atoms with Crippen molar-refractivity contribution in [3.05, 3.63) is 87.5 Å². The quantitative estimate of drug-likeness (QED) is 0.396. The smallest absolute Gasteiger partial charge is 0.187 e. The molecule has 0 saturated carbocycles. The Morgan fingerprint density at radius 1 is 1.00 bits per heavy atom. The highest BCUT2D eigenvalue weighted by molar-refractivity contribution is 6.37. The van der Waals surface area contributed by atoms with Gasteiger partial charge in [-0.05, 0) is 18.2 Å². The van der Waals surface area contributed by atoms with Crippen LogP contribution in [0.4, 0.5) is 33.3 Å². The van der Waals surface area contributed by atoms with Gasteiger partial charge in [0.25, 0.3) is 0 Å². The van der Waals surface area contributed by atoms with Gasteiger partial charge in [-0.15, -0.1) is 0 Å². The minimum absolute atomic E-state index is 0.289. The number of hydrogen-bond donors (Lipinski definition) is 3. The molecule has 0 aromatic heterocycles. The second-order valence-electron chi connectivity index (χ2n) is 8.23. The number of rotatable bonds is 5. The molecule has 2 aromatic rings. The van der Waals surface area contributed by atoms with E-state index in [1.807, 2.05) is 4.90 Å². The lowest BCUT2D eigenvalue weighted by molar-refractivity contribution is 0.202. The number of halogens is 6. The Kier molecular flexibility index (Phi) is 5.92. The van der Waals surface area contributed by atoms with Crippen molar-refractivity contribution in [2.75, 3.05) is 30.8 Å². The van der Waals surface area contributed by atoms with Crippen LogP contribution in [0.1, 0.15) is 5.56 Å². The van der Waals surface area contributed by atoms with Crippen LogP contribution in [0.15, 0.2) is 57.8 Å². The summed E-state index contributed by atoms with van der Waals surface area (Å²) >= 11 is 6.49. The summed E-state index contributed by atoms with van der Waals surface area (Å²) in [5, 5.41) is 8.06. The van der Waals surface area contributed by atoms with E-state index in [2.05, 4.69) is 20.9 Å². The van der Waals surface area contributed by atoms with Crippen LogP contribution in [0.3, 0.4) is 0 Å². The number of likely N-dealkylation sites (tertiary alicyclic amines) is 1. The molecule has 2 aromatic carbocycles. The van der Waals surface area contributed by atoms with Gasteiger partial charge in [-0.2, -0.15) is 0 Å². The summed E-state index contributed by atoms with van der Waals surface area (Å²) in [7, 11) is 1.17. The molecule has 0 bridgehead atoms. The van der Waals surface area contributed by atoms with E-state index < -0.39 is 52.5 Å². The number of nitrogens with one attached hydrogen (secondary N) is 3. The molecule has 35 heavy (non-hydrogen) atoms. The first-order valence-corrected chi connectivity index (χ1v) is 11.1. The molecule has 5 nitrogen and oxygen atoms in total. The van der Waals surface area contributed by atoms with E-state index in [1.165, 1.54) is 19.5 Å². The Morgan fingerprint density at radius 2 is 1.66 bits per heavy atom. The third kappa shape index (κ3) is 3.91. The first-order chi connectivity index (χ1) is 16.8. The molecule has 0 amide bonds. The number of aliphatic imine (C=N–C) groups is 1. The fourth-order valence-electron chi connectivity index (χ4n) is 4.33. The summed E-state index contributed by atoms with van der Waals surface area (Å²) in [6, 6.07) is 5.41. The molecule has 5 rings (SSSR count). The van der Waals surface area contributed by atoms with E-state index in [4.69, 9.17) is 11.6 Å². The summed E-state index contributed by atoms with van der Waals surface area (Å²) < 4.78 is 71.1. The van der Waals surface area contributed by atoms with Crippen molar-refractivity contribution in [3.8, 4) is 0 Å². The van der Waals surface area contributed by atoms with E-state index in [1.54, 1.807) is 30.4 Å². The molecule has 182 valence electrons. The van der Waals surface area contributed by atoms with Gasteiger partial charge < -0.3 is 20.9 Å². The van der Waals surface area contributed by atoms with E-state index in [0.29, 0.717) is 22.0 Å². The van der Waals surface area contributed by atoms with Crippen LogP contribution in [-0.2, 0) is 0 Å². The lowest BCUT2D eigenvalue weighted by Crippen LogP contribution is -2.57. The molecular formula is C24H19ClF5N5. The topological polar surface area (TPSA) is 51.7 Å². The fourth-order valence-corrected chi connectivity index (χ4v) is 4.61.